The van der Waals surface area contributed by atoms with Crippen molar-refractivity contribution in [1.82, 2.24) is 9.55 Å². The Morgan fingerprint density at radius 1 is 0.636 bits per heavy atom. The molecule has 0 atom stereocenters. The highest BCUT2D eigenvalue weighted by molar-refractivity contribution is 7.26. The summed E-state index contributed by atoms with van der Waals surface area (Å²) in [6, 6.07) is 46.0. The second-order valence-electron chi connectivity index (χ2n) is 11.2. The summed E-state index contributed by atoms with van der Waals surface area (Å²) < 4.78 is 4.99. The number of hydrogen-bond acceptors (Lipinski definition) is 2. The first-order chi connectivity index (χ1) is 21.7. The number of thiophene rings is 1. The number of nitrogens with zero attached hydrogens (tertiary/aromatic N) is 2. The monoisotopic (exact) mass is 582 g/mol. The van der Waals surface area contributed by atoms with Crippen LogP contribution in [0, 0.1) is 0 Å². The molecular weight excluding hydrogens is 553 g/mol. The van der Waals surface area contributed by atoms with Crippen LogP contribution in [0.3, 0.4) is 0 Å². The molecule has 8 aromatic rings. The van der Waals surface area contributed by atoms with Crippen LogP contribution < -0.4 is 0 Å². The molecule has 0 N–H and O–H groups in total. The first-order valence-corrected chi connectivity index (χ1v) is 15.8. The predicted octanol–water partition coefficient (Wildman–Crippen LogP) is 11.9. The summed E-state index contributed by atoms with van der Waals surface area (Å²) in [6.45, 7) is 4.17. The third kappa shape index (κ3) is 4.36. The molecule has 210 valence electrons. The zero-order valence-corrected chi connectivity index (χ0v) is 25.5. The maximum atomic E-state index is 5.26. The molecule has 0 fully saturated rings. The number of benzene rings is 5. The van der Waals surface area contributed by atoms with Crippen LogP contribution in [0.1, 0.15) is 19.5 Å². The number of rotatable bonds is 5. The van der Waals surface area contributed by atoms with Gasteiger partial charge < -0.3 is 0 Å². The van der Waals surface area contributed by atoms with Crippen LogP contribution >= 0.6 is 11.3 Å². The van der Waals surface area contributed by atoms with Gasteiger partial charge in [-0.15, -0.1) is 11.3 Å². The van der Waals surface area contributed by atoms with Crippen molar-refractivity contribution in [3.8, 4) is 28.1 Å². The first kappa shape index (κ1) is 26.4. The zero-order chi connectivity index (χ0) is 29.6. The van der Waals surface area contributed by atoms with Crippen molar-refractivity contribution in [3.05, 3.63) is 151 Å². The molecule has 3 heteroatoms. The van der Waals surface area contributed by atoms with Gasteiger partial charge in [0.15, 0.2) is 0 Å². The first-order valence-electron chi connectivity index (χ1n) is 15.0. The highest BCUT2D eigenvalue weighted by Crippen LogP contribution is 2.42. The molecule has 3 aromatic heterocycles. The molecular formula is C41H30N2S. The minimum absolute atomic E-state index is 0.917. The van der Waals surface area contributed by atoms with E-state index in [0.717, 1.165) is 33.7 Å². The van der Waals surface area contributed by atoms with Gasteiger partial charge in [0.1, 0.15) is 5.82 Å². The van der Waals surface area contributed by atoms with Gasteiger partial charge in [-0.2, -0.15) is 0 Å². The fourth-order valence-electron chi connectivity index (χ4n) is 6.32. The Morgan fingerprint density at radius 2 is 1.39 bits per heavy atom. The van der Waals surface area contributed by atoms with Crippen LogP contribution in [0.25, 0.3) is 75.6 Å². The molecule has 0 aliphatic carbocycles. The zero-order valence-electron chi connectivity index (χ0n) is 24.7. The van der Waals surface area contributed by atoms with Gasteiger partial charge in [-0.05, 0) is 78.1 Å². The molecule has 0 aliphatic rings. The van der Waals surface area contributed by atoms with E-state index >= 15 is 0 Å². The molecule has 5 aromatic carbocycles. The van der Waals surface area contributed by atoms with Gasteiger partial charge in [-0.1, -0.05) is 109 Å². The lowest BCUT2D eigenvalue weighted by atomic mass is 10.0. The van der Waals surface area contributed by atoms with Gasteiger partial charge >= 0.3 is 0 Å². The second kappa shape index (κ2) is 10.8. The molecule has 8 rings (SSSR count). The van der Waals surface area contributed by atoms with Gasteiger partial charge in [0.2, 0.25) is 0 Å². The standard InChI is InChI=1S/C41H30N2S/c1-3-4-13-27(2)36-25-30(28-14-6-5-7-15-28)26-40(42-36)43-37-20-10-8-16-32(37)35-24-29(22-23-38(35)43)31-18-12-19-34-33-17-9-11-21-39(33)44-41(31)34/h3-26H,1-2H3/b4-3-,27-13+. The van der Waals surface area contributed by atoms with Gasteiger partial charge in [0, 0.05) is 30.9 Å². The molecule has 0 aliphatic heterocycles. The van der Waals surface area contributed by atoms with Crippen molar-refractivity contribution in [2.75, 3.05) is 0 Å². The number of fused-ring (bicyclic) bond motifs is 6. The van der Waals surface area contributed by atoms with E-state index in [-0.39, 0.29) is 0 Å². The third-order valence-electron chi connectivity index (χ3n) is 8.48. The topological polar surface area (TPSA) is 17.8 Å². The quantitative estimate of drug-likeness (QED) is 0.185. The molecule has 0 saturated carbocycles. The summed E-state index contributed by atoms with van der Waals surface area (Å²) in [7, 11) is 0. The molecule has 3 heterocycles. The fourth-order valence-corrected chi connectivity index (χ4v) is 7.56. The minimum Gasteiger partial charge on any atom is -0.294 e. The van der Waals surface area contributed by atoms with Crippen molar-refractivity contribution < 1.29 is 0 Å². The Hall–Kier alpha value is -5.25. The van der Waals surface area contributed by atoms with Gasteiger partial charge in [0.25, 0.3) is 0 Å². The SMILES string of the molecule is C/C=C\C=C(/C)c1cc(-c2ccccc2)cc(-n2c3ccccc3c3cc(-c4cccc5c4sc4ccccc45)ccc32)n1. The highest BCUT2D eigenvalue weighted by atomic mass is 32.1. The summed E-state index contributed by atoms with van der Waals surface area (Å²) in [6.07, 6.45) is 6.26. The van der Waals surface area contributed by atoms with Gasteiger partial charge in [-0.3, -0.25) is 4.57 Å². The summed E-state index contributed by atoms with van der Waals surface area (Å²) >= 11 is 1.88. The van der Waals surface area contributed by atoms with Crippen molar-refractivity contribution in [2.24, 2.45) is 0 Å². The summed E-state index contributed by atoms with van der Waals surface area (Å²) in [4.78, 5) is 5.26. The smallest absolute Gasteiger partial charge is 0.138 e. The molecule has 0 amide bonds. The van der Waals surface area contributed by atoms with E-state index in [0.29, 0.717) is 0 Å². The van der Waals surface area contributed by atoms with Gasteiger partial charge in [-0.25, -0.2) is 4.98 Å². The average molecular weight is 583 g/mol. The number of hydrogen-bond donors (Lipinski definition) is 0. The van der Waals surface area contributed by atoms with Crippen LogP contribution in [0.2, 0.25) is 0 Å². The Labute approximate surface area is 260 Å². The maximum absolute atomic E-state index is 5.26. The van der Waals surface area contributed by atoms with Crippen LogP contribution in [-0.2, 0) is 0 Å². The summed E-state index contributed by atoms with van der Waals surface area (Å²) in [5.74, 6) is 0.917. The van der Waals surface area contributed by atoms with E-state index in [4.69, 9.17) is 4.98 Å². The lowest BCUT2D eigenvalue weighted by Gasteiger charge is -2.13. The van der Waals surface area contributed by atoms with Crippen LogP contribution in [0.15, 0.2) is 146 Å². The number of para-hydroxylation sites is 1. The van der Waals surface area contributed by atoms with E-state index in [9.17, 15) is 0 Å². The molecule has 2 nitrogen and oxygen atoms in total. The lowest BCUT2D eigenvalue weighted by Crippen LogP contribution is -2.01. The fraction of sp³-hybridized carbons (Fsp3) is 0.0488. The highest BCUT2D eigenvalue weighted by Gasteiger charge is 2.17. The summed E-state index contributed by atoms with van der Waals surface area (Å²) in [5, 5.41) is 5.10. The molecule has 0 radical (unpaired) electrons. The summed E-state index contributed by atoms with van der Waals surface area (Å²) in [5.41, 5.74) is 9.23. The largest absolute Gasteiger partial charge is 0.294 e. The molecule has 44 heavy (non-hydrogen) atoms. The Balaban J connectivity index is 1.37. The predicted molar refractivity (Wildman–Crippen MR) is 191 cm³/mol. The van der Waals surface area contributed by atoms with Crippen LogP contribution in [0.5, 0.6) is 0 Å². The molecule has 0 bridgehead atoms. The van der Waals surface area contributed by atoms with Crippen molar-refractivity contribution in [3.63, 3.8) is 0 Å². The number of aromatic nitrogens is 2. The van der Waals surface area contributed by atoms with E-state index in [1.165, 1.54) is 47.6 Å². The average Bonchev–Trinajstić information content (AvgIpc) is 3.63. The minimum atomic E-state index is 0.917. The number of pyridine rings is 1. The van der Waals surface area contributed by atoms with Crippen molar-refractivity contribution in [2.45, 2.75) is 13.8 Å². The van der Waals surface area contributed by atoms with Crippen LogP contribution in [0.4, 0.5) is 0 Å². The molecule has 0 spiro atoms. The van der Waals surface area contributed by atoms with Crippen molar-refractivity contribution >= 4 is 58.9 Å². The second-order valence-corrected chi connectivity index (χ2v) is 12.3. The van der Waals surface area contributed by atoms with Gasteiger partial charge in [0.05, 0.1) is 16.7 Å². The normalized spacial score (nSPS) is 12.4. The van der Waals surface area contributed by atoms with E-state index in [1.54, 1.807) is 0 Å². The molecule has 0 saturated heterocycles. The Bertz CT molecular complexity index is 2400. The van der Waals surface area contributed by atoms with E-state index in [2.05, 4.69) is 157 Å². The lowest BCUT2D eigenvalue weighted by molar-refractivity contribution is 1.07. The Morgan fingerprint density at radius 3 is 2.25 bits per heavy atom. The maximum Gasteiger partial charge on any atom is 0.138 e. The van der Waals surface area contributed by atoms with Crippen molar-refractivity contribution in [1.29, 1.82) is 0 Å². The third-order valence-corrected chi connectivity index (χ3v) is 9.70. The van der Waals surface area contributed by atoms with E-state index in [1.807, 2.05) is 18.3 Å². The van der Waals surface area contributed by atoms with E-state index < -0.39 is 0 Å². The Kier molecular flexibility index (Phi) is 6.47. The molecule has 0 unspecified atom stereocenters. The van der Waals surface area contributed by atoms with Crippen LogP contribution in [-0.4, -0.2) is 9.55 Å². The number of allylic oxidation sites excluding steroid dienone is 4.